The number of nitrogens with one attached hydrogen (secondary N) is 2. The van der Waals surface area contributed by atoms with Crippen molar-refractivity contribution in [3.8, 4) is 0 Å². The fraction of sp³-hybridized carbons (Fsp3) is 0.750. The summed E-state index contributed by atoms with van der Waals surface area (Å²) >= 11 is 0. The van der Waals surface area contributed by atoms with E-state index in [0.29, 0.717) is 0 Å². The van der Waals surface area contributed by atoms with Gasteiger partial charge < -0.3 is 14.9 Å². The van der Waals surface area contributed by atoms with Crippen LogP contribution in [0.2, 0.25) is 0 Å². The summed E-state index contributed by atoms with van der Waals surface area (Å²) in [5.74, 6) is -0.549. The molecule has 8 heteroatoms. The summed E-state index contributed by atoms with van der Waals surface area (Å²) in [4.78, 5) is 11.6. The number of halogens is 3. The standard InChI is InChI=1S/C12H17F3N2O3/c1-2-19-10(18)8-7-16-17-9(8)20-6-5-11(3-4-11)12(13,14)15/h7,9,16-17H,2-6H2,1H3. The molecule has 0 aromatic carbocycles. The highest BCUT2D eigenvalue weighted by Crippen LogP contribution is 2.59. The largest absolute Gasteiger partial charge is 0.462 e. The van der Waals surface area contributed by atoms with Gasteiger partial charge in [0.05, 0.1) is 17.6 Å². The Kier molecular flexibility index (Phi) is 4.24. The monoisotopic (exact) mass is 294 g/mol. The van der Waals surface area contributed by atoms with Gasteiger partial charge in [-0.3, -0.25) is 0 Å². The molecule has 1 heterocycles. The van der Waals surface area contributed by atoms with E-state index in [0.717, 1.165) is 0 Å². The normalized spacial score (nSPS) is 24.0. The number of hydrazine groups is 1. The fourth-order valence-corrected chi connectivity index (χ4v) is 2.06. The van der Waals surface area contributed by atoms with Gasteiger partial charge >= 0.3 is 12.1 Å². The first-order chi connectivity index (χ1) is 9.39. The molecule has 1 fully saturated rings. The average Bonchev–Trinajstić information content (AvgIpc) is 3.01. The topological polar surface area (TPSA) is 59.6 Å². The van der Waals surface area contributed by atoms with Crippen LogP contribution in [0.15, 0.2) is 11.8 Å². The predicted molar refractivity (Wildman–Crippen MR) is 63.1 cm³/mol. The van der Waals surface area contributed by atoms with E-state index in [9.17, 15) is 18.0 Å². The molecule has 1 aliphatic heterocycles. The lowest BCUT2D eigenvalue weighted by molar-refractivity contribution is -0.192. The summed E-state index contributed by atoms with van der Waals surface area (Å²) in [6.07, 6.45) is -3.37. The third-order valence-corrected chi connectivity index (χ3v) is 3.56. The van der Waals surface area contributed by atoms with E-state index in [1.165, 1.54) is 6.20 Å². The van der Waals surface area contributed by atoms with Crippen LogP contribution in [0.3, 0.4) is 0 Å². The maximum Gasteiger partial charge on any atom is 0.394 e. The Labute approximate surface area is 114 Å². The van der Waals surface area contributed by atoms with Crippen LogP contribution in [0.1, 0.15) is 26.2 Å². The molecule has 2 aliphatic rings. The second kappa shape index (κ2) is 5.61. The van der Waals surface area contributed by atoms with E-state index in [-0.39, 0.29) is 38.0 Å². The lowest BCUT2D eigenvalue weighted by Gasteiger charge is -2.20. The Morgan fingerprint density at radius 3 is 2.75 bits per heavy atom. The lowest BCUT2D eigenvalue weighted by atomic mass is 10.0. The zero-order valence-corrected chi connectivity index (χ0v) is 11.0. The number of ether oxygens (including phenoxy) is 2. The number of carbonyl (C=O) groups is 1. The van der Waals surface area contributed by atoms with Crippen molar-refractivity contribution in [3.63, 3.8) is 0 Å². The Bertz CT molecular complexity index is 405. The van der Waals surface area contributed by atoms with Gasteiger partial charge in [0.1, 0.15) is 0 Å². The van der Waals surface area contributed by atoms with Crippen LogP contribution in [0.5, 0.6) is 0 Å². The van der Waals surface area contributed by atoms with Crippen LogP contribution in [0.4, 0.5) is 13.2 Å². The quantitative estimate of drug-likeness (QED) is 0.729. The molecule has 1 atom stereocenters. The molecule has 1 unspecified atom stereocenters. The number of alkyl halides is 3. The number of hydrogen-bond donors (Lipinski definition) is 2. The van der Waals surface area contributed by atoms with Crippen molar-refractivity contribution in [1.82, 2.24) is 10.9 Å². The summed E-state index contributed by atoms with van der Waals surface area (Å²) in [6, 6.07) is 0. The third-order valence-electron chi connectivity index (χ3n) is 3.56. The van der Waals surface area contributed by atoms with Crippen LogP contribution in [0.25, 0.3) is 0 Å². The Morgan fingerprint density at radius 2 is 2.20 bits per heavy atom. The summed E-state index contributed by atoms with van der Waals surface area (Å²) in [7, 11) is 0. The van der Waals surface area contributed by atoms with E-state index in [4.69, 9.17) is 9.47 Å². The molecule has 2 N–H and O–H groups in total. The first-order valence-corrected chi connectivity index (χ1v) is 6.46. The summed E-state index contributed by atoms with van der Waals surface area (Å²) in [5, 5.41) is 0. The lowest BCUT2D eigenvalue weighted by Crippen LogP contribution is -2.37. The third kappa shape index (κ3) is 3.06. The molecule has 114 valence electrons. The van der Waals surface area contributed by atoms with E-state index in [2.05, 4.69) is 10.9 Å². The number of esters is 1. The Morgan fingerprint density at radius 1 is 1.50 bits per heavy atom. The molecule has 0 spiro atoms. The molecule has 0 aromatic heterocycles. The van der Waals surface area contributed by atoms with E-state index in [1.54, 1.807) is 6.92 Å². The minimum Gasteiger partial charge on any atom is -0.462 e. The minimum absolute atomic E-state index is 0.0738. The molecular weight excluding hydrogens is 277 g/mol. The van der Waals surface area contributed by atoms with E-state index >= 15 is 0 Å². The van der Waals surface area contributed by atoms with Gasteiger partial charge in [0, 0.05) is 12.8 Å². The molecule has 5 nitrogen and oxygen atoms in total. The van der Waals surface area contributed by atoms with Gasteiger partial charge in [-0.15, -0.1) is 0 Å². The van der Waals surface area contributed by atoms with Crippen molar-refractivity contribution >= 4 is 5.97 Å². The van der Waals surface area contributed by atoms with Gasteiger partial charge in [-0.05, 0) is 26.2 Å². The highest BCUT2D eigenvalue weighted by molar-refractivity contribution is 5.89. The highest BCUT2D eigenvalue weighted by atomic mass is 19.4. The first-order valence-electron chi connectivity index (χ1n) is 6.46. The van der Waals surface area contributed by atoms with Gasteiger partial charge in [-0.1, -0.05) is 0 Å². The van der Waals surface area contributed by atoms with E-state index in [1.807, 2.05) is 0 Å². The molecule has 2 rings (SSSR count). The molecule has 1 saturated carbocycles. The molecule has 0 bridgehead atoms. The molecule has 0 saturated heterocycles. The zero-order valence-electron chi connectivity index (χ0n) is 11.0. The number of carbonyl (C=O) groups excluding carboxylic acids is 1. The van der Waals surface area contributed by atoms with Gasteiger partial charge in [-0.2, -0.15) is 13.2 Å². The van der Waals surface area contributed by atoms with Crippen molar-refractivity contribution in [2.24, 2.45) is 5.41 Å². The smallest absolute Gasteiger partial charge is 0.394 e. The van der Waals surface area contributed by atoms with Crippen molar-refractivity contribution in [1.29, 1.82) is 0 Å². The first kappa shape index (κ1) is 15.1. The summed E-state index contributed by atoms with van der Waals surface area (Å²) < 4.78 is 48.3. The molecule has 0 amide bonds. The predicted octanol–water partition coefficient (Wildman–Crippen LogP) is 1.62. The van der Waals surface area contributed by atoms with Crippen molar-refractivity contribution in [2.45, 2.75) is 38.6 Å². The Balaban J connectivity index is 1.80. The maximum absolute atomic E-state index is 12.7. The molecule has 20 heavy (non-hydrogen) atoms. The van der Waals surface area contributed by atoms with Crippen LogP contribution in [0, 0.1) is 5.41 Å². The van der Waals surface area contributed by atoms with Crippen LogP contribution in [-0.2, 0) is 14.3 Å². The fourth-order valence-electron chi connectivity index (χ4n) is 2.06. The molecule has 0 aromatic rings. The number of hydrogen-bond acceptors (Lipinski definition) is 5. The van der Waals surface area contributed by atoms with Crippen LogP contribution < -0.4 is 10.9 Å². The van der Waals surface area contributed by atoms with Gasteiger partial charge in [0.2, 0.25) is 0 Å². The molecule has 1 aliphatic carbocycles. The van der Waals surface area contributed by atoms with Gasteiger partial charge in [0.15, 0.2) is 6.23 Å². The van der Waals surface area contributed by atoms with Crippen LogP contribution >= 0.6 is 0 Å². The van der Waals surface area contributed by atoms with Crippen molar-refractivity contribution < 1.29 is 27.4 Å². The van der Waals surface area contributed by atoms with Gasteiger partial charge in [-0.25, -0.2) is 10.2 Å². The summed E-state index contributed by atoms with van der Waals surface area (Å²) in [5.41, 5.74) is 3.87. The molecule has 0 radical (unpaired) electrons. The molecular formula is C12H17F3N2O3. The van der Waals surface area contributed by atoms with Crippen molar-refractivity contribution in [3.05, 3.63) is 11.8 Å². The number of rotatable bonds is 6. The van der Waals surface area contributed by atoms with E-state index < -0.39 is 23.8 Å². The van der Waals surface area contributed by atoms with Crippen LogP contribution in [-0.4, -0.2) is 31.6 Å². The van der Waals surface area contributed by atoms with Gasteiger partial charge in [0.25, 0.3) is 0 Å². The summed E-state index contributed by atoms with van der Waals surface area (Å²) in [6.45, 7) is 1.82. The maximum atomic E-state index is 12.7. The zero-order chi connectivity index (χ0) is 14.8. The second-order valence-corrected chi connectivity index (χ2v) is 4.89. The average molecular weight is 294 g/mol. The SMILES string of the molecule is CCOC(=O)C1=CNNC1OCCC1(C(F)(F)F)CC1. The highest BCUT2D eigenvalue weighted by Gasteiger charge is 2.62. The minimum atomic E-state index is -4.18. The Hall–Kier alpha value is -1.28. The van der Waals surface area contributed by atoms with Crippen molar-refractivity contribution in [2.75, 3.05) is 13.2 Å². The second-order valence-electron chi connectivity index (χ2n) is 4.89.